The van der Waals surface area contributed by atoms with Crippen LogP contribution in [-0.2, 0) is 0 Å². The number of fused-ring (bicyclic) bond motifs is 1. The van der Waals surface area contributed by atoms with Crippen LogP contribution in [0.4, 0.5) is 11.8 Å². The molecule has 3 rings (SSSR count). The number of hydrogen-bond donors (Lipinski definition) is 2. The molecule has 0 saturated carbocycles. The maximum atomic E-state index is 12.4. The van der Waals surface area contributed by atoms with Gasteiger partial charge in [-0.25, -0.2) is 9.97 Å². The molecule has 0 aliphatic heterocycles. The molecule has 3 aromatic rings. The molecule has 0 radical (unpaired) electrons. The molecular formula is C14H12N6O. The van der Waals surface area contributed by atoms with E-state index in [9.17, 15) is 4.79 Å². The number of anilines is 2. The fourth-order valence-electron chi connectivity index (χ4n) is 1.97. The molecule has 0 unspecified atom stereocenters. The predicted octanol–water partition coefficient (Wildman–Crippen LogP) is 1.71. The van der Waals surface area contributed by atoms with Crippen LogP contribution in [0.15, 0.2) is 42.7 Å². The number of nitrogens with zero attached hydrogens (tertiary/aromatic N) is 4. The summed E-state index contributed by atoms with van der Waals surface area (Å²) in [6.07, 6.45) is 2.91. The van der Waals surface area contributed by atoms with Crippen LogP contribution in [0.5, 0.6) is 0 Å². The van der Waals surface area contributed by atoms with E-state index in [1.165, 1.54) is 12.4 Å². The third-order valence-corrected chi connectivity index (χ3v) is 2.92. The van der Waals surface area contributed by atoms with Crippen LogP contribution >= 0.6 is 0 Å². The van der Waals surface area contributed by atoms with E-state index >= 15 is 0 Å². The van der Waals surface area contributed by atoms with Gasteiger partial charge >= 0.3 is 0 Å². The molecule has 1 amide bonds. The summed E-state index contributed by atoms with van der Waals surface area (Å²) in [7, 11) is 1.75. The van der Waals surface area contributed by atoms with Gasteiger partial charge in [-0.1, -0.05) is 18.2 Å². The van der Waals surface area contributed by atoms with Gasteiger partial charge in [0.25, 0.3) is 5.91 Å². The van der Waals surface area contributed by atoms with Gasteiger partial charge < -0.3 is 5.32 Å². The van der Waals surface area contributed by atoms with Crippen molar-refractivity contribution in [2.75, 3.05) is 17.7 Å². The number of para-hydroxylation sites is 1. The number of hydrogen-bond acceptors (Lipinski definition) is 6. The molecule has 0 bridgehead atoms. The van der Waals surface area contributed by atoms with Crippen molar-refractivity contribution >= 4 is 28.6 Å². The molecule has 0 saturated heterocycles. The van der Waals surface area contributed by atoms with Crippen molar-refractivity contribution in [3.05, 3.63) is 48.3 Å². The second kappa shape index (κ2) is 5.49. The molecule has 2 aromatic heterocycles. The van der Waals surface area contributed by atoms with Gasteiger partial charge in [0.05, 0.1) is 23.5 Å². The van der Waals surface area contributed by atoms with E-state index in [-0.39, 0.29) is 11.9 Å². The minimum atomic E-state index is -0.307. The summed E-state index contributed by atoms with van der Waals surface area (Å²) in [6.45, 7) is 0. The first-order chi connectivity index (χ1) is 10.3. The monoisotopic (exact) mass is 280 g/mol. The fraction of sp³-hybridized carbons (Fsp3) is 0.0714. The maximum Gasteiger partial charge on any atom is 0.258 e. The van der Waals surface area contributed by atoms with Gasteiger partial charge in [0.2, 0.25) is 5.95 Å². The van der Waals surface area contributed by atoms with Crippen molar-refractivity contribution in [1.82, 2.24) is 20.2 Å². The highest BCUT2D eigenvalue weighted by Crippen LogP contribution is 2.21. The largest absolute Gasteiger partial charge is 0.373 e. The Morgan fingerprint density at radius 1 is 1.19 bits per heavy atom. The number of carbonyl (C=O) groups excluding carboxylic acids is 1. The normalized spacial score (nSPS) is 10.3. The Morgan fingerprint density at radius 3 is 2.81 bits per heavy atom. The second-order valence-corrected chi connectivity index (χ2v) is 4.24. The van der Waals surface area contributed by atoms with Gasteiger partial charge in [0, 0.05) is 12.4 Å². The maximum absolute atomic E-state index is 12.4. The Labute approximate surface area is 120 Å². The number of rotatable bonds is 3. The second-order valence-electron chi connectivity index (χ2n) is 4.24. The predicted molar refractivity (Wildman–Crippen MR) is 79.1 cm³/mol. The zero-order valence-electron chi connectivity index (χ0n) is 11.2. The molecule has 104 valence electrons. The SMILES string of the molecule is CNc1cc(C(=O)Nc2nccnn2)c2ccccc2n1. The first kappa shape index (κ1) is 12.9. The van der Waals surface area contributed by atoms with Crippen molar-refractivity contribution < 1.29 is 4.79 Å². The van der Waals surface area contributed by atoms with E-state index in [1.807, 2.05) is 24.3 Å². The Morgan fingerprint density at radius 2 is 2.05 bits per heavy atom. The average molecular weight is 280 g/mol. The number of carbonyl (C=O) groups is 1. The van der Waals surface area contributed by atoms with Gasteiger partial charge in [0.15, 0.2) is 0 Å². The first-order valence-corrected chi connectivity index (χ1v) is 6.30. The molecule has 0 spiro atoms. The molecule has 0 aliphatic rings. The lowest BCUT2D eigenvalue weighted by Gasteiger charge is -2.09. The van der Waals surface area contributed by atoms with Gasteiger partial charge in [0.1, 0.15) is 5.82 Å². The number of aromatic nitrogens is 4. The molecule has 7 nitrogen and oxygen atoms in total. The minimum absolute atomic E-state index is 0.161. The molecular weight excluding hydrogens is 268 g/mol. The van der Waals surface area contributed by atoms with E-state index in [4.69, 9.17) is 0 Å². The summed E-state index contributed by atoms with van der Waals surface area (Å²) in [6, 6.07) is 9.13. The number of amides is 1. The molecule has 21 heavy (non-hydrogen) atoms. The topological polar surface area (TPSA) is 92.7 Å². The Balaban J connectivity index is 2.04. The molecule has 2 heterocycles. The highest BCUT2D eigenvalue weighted by Gasteiger charge is 2.13. The van der Waals surface area contributed by atoms with Crippen molar-refractivity contribution in [3.63, 3.8) is 0 Å². The molecule has 1 aromatic carbocycles. The van der Waals surface area contributed by atoms with E-state index in [0.29, 0.717) is 11.4 Å². The first-order valence-electron chi connectivity index (χ1n) is 6.30. The quantitative estimate of drug-likeness (QED) is 0.758. The molecule has 2 N–H and O–H groups in total. The average Bonchev–Trinajstić information content (AvgIpc) is 2.54. The molecule has 0 fully saturated rings. The van der Waals surface area contributed by atoms with Crippen molar-refractivity contribution in [2.24, 2.45) is 0 Å². The van der Waals surface area contributed by atoms with Crippen molar-refractivity contribution in [1.29, 1.82) is 0 Å². The zero-order chi connectivity index (χ0) is 14.7. The lowest BCUT2D eigenvalue weighted by molar-refractivity contribution is 0.102. The van der Waals surface area contributed by atoms with E-state index < -0.39 is 0 Å². The number of nitrogens with one attached hydrogen (secondary N) is 2. The Hall–Kier alpha value is -3.09. The summed E-state index contributed by atoms with van der Waals surface area (Å²) in [5.74, 6) is 0.471. The van der Waals surface area contributed by atoms with E-state index in [0.717, 1.165) is 10.9 Å². The van der Waals surface area contributed by atoms with Crippen LogP contribution in [0.2, 0.25) is 0 Å². The third kappa shape index (κ3) is 2.62. The van der Waals surface area contributed by atoms with Crippen LogP contribution in [0.3, 0.4) is 0 Å². The number of pyridine rings is 1. The van der Waals surface area contributed by atoms with Crippen molar-refractivity contribution in [3.8, 4) is 0 Å². The zero-order valence-corrected chi connectivity index (χ0v) is 11.2. The van der Waals surface area contributed by atoms with Crippen LogP contribution < -0.4 is 10.6 Å². The van der Waals surface area contributed by atoms with Gasteiger partial charge in [-0.05, 0) is 12.1 Å². The van der Waals surface area contributed by atoms with Crippen LogP contribution in [-0.4, -0.2) is 33.1 Å². The minimum Gasteiger partial charge on any atom is -0.373 e. The summed E-state index contributed by atoms with van der Waals surface area (Å²) in [5.41, 5.74) is 1.24. The van der Waals surface area contributed by atoms with E-state index in [2.05, 4.69) is 30.8 Å². The lowest BCUT2D eigenvalue weighted by Crippen LogP contribution is -2.15. The summed E-state index contributed by atoms with van der Waals surface area (Å²) in [5, 5.41) is 13.7. The van der Waals surface area contributed by atoms with Crippen LogP contribution in [0.1, 0.15) is 10.4 Å². The molecule has 0 aliphatic carbocycles. The standard InChI is InChI=1S/C14H12N6O/c1-15-12-8-10(9-4-2-3-5-11(9)18-12)13(21)19-14-16-6-7-17-20-14/h2-8H,1H3,(H,15,18)(H,16,19,20,21). The Kier molecular flexibility index (Phi) is 3.38. The third-order valence-electron chi connectivity index (χ3n) is 2.92. The van der Waals surface area contributed by atoms with Gasteiger partial charge in [-0.15, -0.1) is 5.10 Å². The fourth-order valence-corrected chi connectivity index (χ4v) is 1.97. The van der Waals surface area contributed by atoms with Crippen molar-refractivity contribution in [2.45, 2.75) is 0 Å². The summed E-state index contributed by atoms with van der Waals surface area (Å²) < 4.78 is 0. The van der Waals surface area contributed by atoms with Gasteiger partial charge in [-0.3, -0.25) is 10.1 Å². The lowest BCUT2D eigenvalue weighted by atomic mass is 10.1. The van der Waals surface area contributed by atoms with Gasteiger partial charge in [-0.2, -0.15) is 5.10 Å². The number of benzene rings is 1. The molecule has 7 heteroatoms. The Bertz CT molecular complexity index is 790. The smallest absolute Gasteiger partial charge is 0.258 e. The summed E-state index contributed by atoms with van der Waals surface area (Å²) >= 11 is 0. The van der Waals surface area contributed by atoms with E-state index in [1.54, 1.807) is 13.1 Å². The highest BCUT2D eigenvalue weighted by molar-refractivity contribution is 6.12. The van der Waals surface area contributed by atoms with Crippen LogP contribution in [0, 0.1) is 0 Å². The summed E-state index contributed by atoms with van der Waals surface area (Å²) in [4.78, 5) is 20.8. The van der Waals surface area contributed by atoms with Crippen LogP contribution in [0.25, 0.3) is 10.9 Å². The molecule has 0 atom stereocenters. The highest BCUT2D eigenvalue weighted by atomic mass is 16.1.